The number of rotatable bonds is 7. The number of unbranched alkanes of at least 4 members (excludes halogenated alkanes) is 1. The number of benzene rings is 1. The van der Waals surface area contributed by atoms with Gasteiger partial charge in [-0.05, 0) is 56.4 Å². The number of hydrogen-bond donors (Lipinski definition) is 1. The van der Waals surface area contributed by atoms with Gasteiger partial charge in [0, 0.05) is 16.8 Å². The SMILES string of the molecule is C[CH]CCc1c(Cl)cc2c(c1SCC1CCC(C(=O)O)CC1)OCO2. The van der Waals surface area contributed by atoms with Crippen LogP contribution in [0.4, 0.5) is 0 Å². The average molecular weight is 384 g/mol. The van der Waals surface area contributed by atoms with Crippen molar-refractivity contribution in [1.29, 1.82) is 0 Å². The summed E-state index contributed by atoms with van der Waals surface area (Å²) in [5.74, 6) is 2.24. The summed E-state index contributed by atoms with van der Waals surface area (Å²) in [6.45, 7) is 2.29. The molecule has 1 N–H and O–H groups in total. The first-order chi connectivity index (χ1) is 12.1. The minimum absolute atomic E-state index is 0.163. The number of fused-ring (bicyclic) bond motifs is 1. The van der Waals surface area contributed by atoms with Crippen molar-refractivity contribution >= 4 is 29.3 Å². The fourth-order valence-corrected chi connectivity index (χ4v) is 5.23. The number of carbonyl (C=O) groups is 1. The summed E-state index contributed by atoms with van der Waals surface area (Å²) in [6, 6.07) is 1.86. The van der Waals surface area contributed by atoms with E-state index in [1.807, 2.05) is 6.07 Å². The Labute approximate surface area is 158 Å². The molecule has 2 aliphatic rings. The molecular weight excluding hydrogens is 360 g/mol. The molecule has 0 amide bonds. The lowest BCUT2D eigenvalue weighted by Crippen LogP contribution is -2.22. The first-order valence-corrected chi connectivity index (χ1v) is 10.2. The molecule has 0 bridgehead atoms. The number of ether oxygens (including phenoxy) is 2. The standard InChI is InChI=1S/C19H24ClO4S/c1-2-3-4-14-15(20)9-16-17(24-11-23-16)18(14)25-10-12-5-7-13(8-6-12)19(21)22/h2,9,12-13H,3-8,10-11H2,1H3,(H,21,22). The van der Waals surface area contributed by atoms with E-state index in [9.17, 15) is 4.79 Å². The number of carboxylic acids is 1. The Kier molecular flexibility index (Phi) is 6.39. The van der Waals surface area contributed by atoms with E-state index >= 15 is 0 Å². The summed E-state index contributed by atoms with van der Waals surface area (Å²) in [7, 11) is 0. The predicted molar refractivity (Wildman–Crippen MR) is 99.7 cm³/mol. The first-order valence-electron chi connectivity index (χ1n) is 8.84. The van der Waals surface area contributed by atoms with E-state index in [-0.39, 0.29) is 12.7 Å². The van der Waals surface area contributed by atoms with Crippen LogP contribution < -0.4 is 9.47 Å². The highest BCUT2D eigenvalue weighted by molar-refractivity contribution is 7.99. The molecule has 1 aromatic rings. The normalized spacial score (nSPS) is 22.2. The van der Waals surface area contributed by atoms with Gasteiger partial charge in [0.05, 0.1) is 10.8 Å². The number of aliphatic carboxylic acids is 1. The zero-order valence-corrected chi connectivity index (χ0v) is 16.0. The van der Waals surface area contributed by atoms with Gasteiger partial charge in [-0.25, -0.2) is 0 Å². The zero-order chi connectivity index (χ0) is 17.8. The summed E-state index contributed by atoms with van der Waals surface area (Å²) in [4.78, 5) is 12.2. The largest absolute Gasteiger partial charge is 0.481 e. The highest BCUT2D eigenvalue weighted by atomic mass is 35.5. The second-order valence-corrected chi connectivity index (χ2v) is 8.15. The van der Waals surface area contributed by atoms with Crippen LogP contribution in [0.15, 0.2) is 11.0 Å². The zero-order valence-electron chi connectivity index (χ0n) is 14.4. The highest BCUT2D eigenvalue weighted by Crippen LogP contribution is 2.48. The molecule has 0 atom stereocenters. The molecule has 0 unspecified atom stereocenters. The molecule has 1 aromatic carbocycles. The number of thioether (sulfide) groups is 1. The predicted octanol–water partition coefficient (Wildman–Crippen LogP) is 5.21. The quantitative estimate of drug-likeness (QED) is 0.655. The van der Waals surface area contributed by atoms with Crippen LogP contribution in [0.1, 0.15) is 44.6 Å². The maximum absolute atomic E-state index is 11.1. The summed E-state index contributed by atoms with van der Waals surface area (Å²) in [6.07, 6.45) is 7.51. The van der Waals surface area contributed by atoms with Gasteiger partial charge in [0.2, 0.25) is 6.79 Å². The molecule has 3 rings (SSSR count). The van der Waals surface area contributed by atoms with Gasteiger partial charge in [-0.15, -0.1) is 11.8 Å². The van der Waals surface area contributed by atoms with E-state index in [0.717, 1.165) is 71.3 Å². The van der Waals surface area contributed by atoms with Crippen molar-refractivity contribution in [1.82, 2.24) is 0 Å². The van der Waals surface area contributed by atoms with E-state index < -0.39 is 5.97 Å². The van der Waals surface area contributed by atoms with E-state index in [1.54, 1.807) is 11.8 Å². The molecule has 4 nitrogen and oxygen atoms in total. The fraction of sp³-hybridized carbons (Fsp3) is 0.579. The number of carboxylic acid groups (broad SMARTS) is 1. The second-order valence-electron chi connectivity index (χ2n) is 6.71. The third kappa shape index (κ3) is 4.37. The van der Waals surface area contributed by atoms with Gasteiger partial charge in [0.1, 0.15) is 0 Å². The van der Waals surface area contributed by atoms with Crippen LogP contribution >= 0.6 is 23.4 Å². The lowest BCUT2D eigenvalue weighted by atomic mass is 9.83. The van der Waals surface area contributed by atoms with Crippen molar-refractivity contribution in [2.24, 2.45) is 11.8 Å². The molecule has 0 saturated heterocycles. The lowest BCUT2D eigenvalue weighted by molar-refractivity contribution is -0.143. The fourth-order valence-electron chi connectivity index (χ4n) is 3.47. The summed E-state index contributed by atoms with van der Waals surface area (Å²) in [5.41, 5.74) is 1.13. The summed E-state index contributed by atoms with van der Waals surface area (Å²) < 4.78 is 11.2. The average Bonchev–Trinajstić information content (AvgIpc) is 3.06. The number of halogens is 1. The Morgan fingerprint density at radius 3 is 2.80 bits per heavy atom. The van der Waals surface area contributed by atoms with Gasteiger partial charge in [-0.1, -0.05) is 18.5 Å². The molecule has 1 aliphatic heterocycles. The third-order valence-corrected chi connectivity index (χ3v) is 6.71. The van der Waals surface area contributed by atoms with Crippen LogP contribution in [0.3, 0.4) is 0 Å². The summed E-state index contributed by atoms with van der Waals surface area (Å²) in [5, 5.41) is 9.87. The third-order valence-electron chi connectivity index (χ3n) is 5.01. The molecular formula is C19H24ClO4S. The molecule has 6 heteroatoms. The van der Waals surface area contributed by atoms with Gasteiger partial charge in [0.15, 0.2) is 11.5 Å². The van der Waals surface area contributed by atoms with Gasteiger partial charge >= 0.3 is 5.97 Å². The first kappa shape index (κ1) is 18.7. The van der Waals surface area contributed by atoms with E-state index in [4.69, 9.17) is 26.2 Å². The van der Waals surface area contributed by atoms with Crippen molar-refractivity contribution in [3.63, 3.8) is 0 Å². The van der Waals surface area contributed by atoms with Crippen LogP contribution in [0.5, 0.6) is 11.5 Å². The van der Waals surface area contributed by atoms with Crippen molar-refractivity contribution in [2.75, 3.05) is 12.5 Å². The van der Waals surface area contributed by atoms with E-state index in [2.05, 4.69) is 13.3 Å². The highest BCUT2D eigenvalue weighted by Gasteiger charge is 2.28. The maximum Gasteiger partial charge on any atom is 0.306 e. The summed E-state index contributed by atoms with van der Waals surface area (Å²) >= 11 is 8.28. The van der Waals surface area contributed by atoms with Gasteiger partial charge in [-0.2, -0.15) is 0 Å². The van der Waals surface area contributed by atoms with Gasteiger partial charge in [0.25, 0.3) is 0 Å². The minimum Gasteiger partial charge on any atom is -0.481 e. The second kappa shape index (κ2) is 8.54. The molecule has 1 heterocycles. The Morgan fingerprint density at radius 2 is 2.12 bits per heavy atom. The van der Waals surface area contributed by atoms with Crippen molar-refractivity contribution < 1.29 is 19.4 Å². The van der Waals surface area contributed by atoms with Crippen LogP contribution in [-0.4, -0.2) is 23.6 Å². The molecule has 137 valence electrons. The molecule has 1 radical (unpaired) electrons. The molecule has 25 heavy (non-hydrogen) atoms. The maximum atomic E-state index is 11.1. The monoisotopic (exact) mass is 383 g/mol. The van der Waals surface area contributed by atoms with E-state index in [0.29, 0.717) is 5.92 Å². The van der Waals surface area contributed by atoms with Crippen molar-refractivity contribution in [2.45, 2.75) is 50.3 Å². The van der Waals surface area contributed by atoms with E-state index in [1.165, 1.54) is 0 Å². The topological polar surface area (TPSA) is 55.8 Å². The Balaban J connectivity index is 1.70. The van der Waals surface area contributed by atoms with Gasteiger partial charge < -0.3 is 14.6 Å². The Hall–Kier alpha value is -1.07. The Bertz CT molecular complexity index is 626. The van der Waals surface area contributed by atoms with Crippen molar-refractivity contribution in [3.05, 3.63) is 23.1 Å². The number of hydrogen-bond acceptors (Lipinski definition) is 4. The van der Waals surface area contributed by atoms with Crippen molar-refractivity contribution in [3.8, 4) is 11.5 Å². The minimum atomic E-state index is -0.651. The lowest BCUT2D eigenvalue weighted by Gasteiger charge is -2.26. The molecule has 0 spiro atoms. The Morgan fingerprint density at radius 1 is 1.36 bits per heavy atom. The molecule has 0 aromatic heterocycles. The molecule has 1 aliphatic carbocycles. The van der Waals surface area contributed by atoms with Gasteiger partial charge in [-0.3, -0.25) is 4.79 Å². The van der Waals surface area contributed by atoms with Crippen LogP contribution in [-0.2, 0) is 11.2 Å². The van der Waals surface area contributed by atoms with Crippen LogP contribution in [0, 0.1) is 18.3 Å². The molecule has 1 fully saturated rings. The smallest absolute Gasteiger partial charge is 0.306 e. The molecule has 1 saturated carbocycles. The van der Waals surface area contributed by atoms with Crippen LogP contribution in [0.2, 0.25) is 5.02 Å². The van der Waals surface area contributed by atoms with Crippen LogP contribution in [0.25, 0.3) is 0 Å².